The van der Waals surface area contributed by atoms with Crippen molar-refractivity contribution in [3.63, 3.8) is 0 Å². The Bertz CT molecular complexity index is 667. The van der Waals surface area contributed by atoms with Crippen molar-refractivity contribution in [2.24, 2.45) is 0 Å². The number of rotatable bonds is 3. The Morgan fingerprint density at radius 3 is 2.52 bits per heavy atom. The molecular weight excluding hydrogens is 286 g/mol. The number of halogens is 1. The number of nitrogens with one attached hydrogen (secondary N) is 1. The molecule has 1 unspecified atom stereocenters. The number of carbonyl (C=O) groups excluding carboxylic acids is 1. The summed E-state index contributed by atoms with van der Waals surface area (Å²) in [5.41, 5.74) is 4.11. The smallest absolute Gasteiger partial charge is 0.224 e. The van der Waals surface area contributed by atoms with E-state index in [0.717, 1.165) is 34.5 Å². The van der Waals surface area contributed by atoms with E-state index in [1.165, 1.54) is 0 Å². The third-order valence-electron chi connectivity index (χ3n) is 3.73. The summed E-state index contributed by atoms with van der Waals surface area (Å²) in [6, 6.07) is 13.7. The van der Waals surface area contributed by atoms with Gasteiger partial charge in [0.1, 0.15) is 5.75 Å². The summed E-state index contributed by atoms with van der Waals surface area (Å²) in [5, 5.41) is 2.67. The van der Waals surface area contributed by atoms with Gasteiger partial charge >= 0.3 is 0 Å². The molecule has 21 heavy (non-hydrogen) atoms. The Kier molecular flexibility index (Phi) is 3.84. The fourth-order valence-corrected chi connectivity index (χ4v) is 2.81. The third kappa shape index (κ3) is 2.88. The summed E-state index contributed by atoms with van der Waals surface area (Å²) in [6.45, 7) is 0. The predicted octanol–water partition coefficient (Wildman–Crippen LogP) is 3.91. The summed E-state index contributed by atoms with van der Waals surface area (Å²) in [5.74, 6) is 0.892. The topological polar surface area (TPSA) is 38.3 Å². The molecule has 2 aromatic carbocycles. The van der Waals surface area contributed by atoms with Crippen molar-refractivity contribution in [3.8, 4) is 5.75 Å². The van der Waals surface area contributed by atoms with Crippen molar-refractivity contribution >= 4 is 23.2 Å². The second kappa shape index (κ2) is 5.78. The molecule has 0 aromatic heterocycles. The fourth-order valence-electron chi connectivity index (χ4n) is 2.53. The number of carbonyl (C=O) groups is 1. The molecule has 0 radical (unpaired) electrons. The van der Waals surface area contributed by atoms with E-state index in [1.54, 1.807) is 7.11 Å². The van der Waals surface area contributed by atoms with Crippen LogP contribution in [0.25, 0.3) is 0 Å². The fraction of sp³-hybridized carbons (Fsp3) is 0.235. The summed E-state index contributed by atoms with van der Waals surface area (Å²) in [6.07, 6.45) is 1.30. The van der Waals surface area contributed by atoms with Crippen LogP contribution in [0.2, 0.25) is 0 Å². The number of methoxy groups -OCH3 is 1. The molecule has 0 spiro atoms. The molecule has 1 N–H and O–H groups in total. The summed E-state index contributed by atoms with van der Waals surface area (Å²) in [4.78, 5) is 11.4. The first-order valence-electron chi connectivity index (χ1n) is 6.88. The molecule has 0 bridgehead atoms. The highest BCUT2D eigenvalue weighted by Crippen LogP contribution is 2.33. The van der Waals surface area contributed by atoms with Gasteiger partial charge in [-0.2, -0.15) is 0 Å². The summed E-state index contributed by atoms with van der Waals surface area (Å²) >= 11 is 6.57. The standard InChI is InChI=1S/C17H16ClNO2/c1-21-14-6-2-11(3-7-14)17(18)13-4-8-15-12(10-13)5-9-16(20)19-15/h2-4,6-8,10,17H,5,9H2,1H3,(H,19,20). The molecule has 1 aliphatic rings. The average Bonchev–Trinajstić information content (AvgIpc) is 2.53. The molecule has 4 heteroatoms. The first-order chi connectivity index (χ1) is 10.2. The maximum Gasteiger partial charge on any atom is 0.224 e. The minimum absolute atomic E-state index is 0.0767. The Morgan fingerprint density at radius 1 is 1.10 bits per heavy atom. The largest absolute Gasteiger partial charge is 0.497 e. The maximum atomic E-state index is 11.4. The van der Waals surface area contributed by atoms with Crippen molar-refractivity contribution in [1.82, 2.24) is 0 Å². The maximum absolute atomic E-state index is 11.4. The molecule has 2 aromatic rings. The number of hydrogen-bond acceptors (Lipinski definition) is 2. The van der Waals surface area contributed by atoms with Gasteiger partial charge in [-0.05, 0) is 41.3 Å². The molecular formula is C17H16ClNO2. The summed E-state index contributed by atoms with van der Waals surface area (Å²) < 4.78 is 5.16. The molecule has 0 saturated carbocycles. The minimum Gasteiger partial charge on any atom is -0.497 e. The highest BCUT2D eigenvalue weighted by molar-refractivity contribution is 6.22. The van der Waals surface area contributed by atoms with E-state index in [4.69, 9.17) is 16.3 Å². The van der Waals surface area contributed by atoms with Crippen LogP contribution in [0.4, 0.5) is 5.69 Å². The van der Waals surface area contributed by atoms with Crippen LogP contribution in [-0.4, -0.2) is 13.0 Å². The van der Waals surface area contributed by atoms with Crippen LogP contribution in [0.5, 0.6) is 5.75 Å². The lowest BCUT2D eigenvalue weighted by Crippen LogP contribution is -2.19. The van der Waals surface area contributed by atoms with Crippen LogP contribution in [0.1, 0.15) is 28.5 Å². The zero-order valence-corrected chi connectivity index (χ0v) is 12.5. The van der Waals surface area contributed by atoms with Crippen LogP contribution >= 0.6 is 11.6 Å². The lowest BCUT2D eigenvalue weighted by molar-refractivity contribution is -0.116. The zero-order valence-electron chi connectivity index (χ0n) is 11.7. The van der Waals surface area contributed by atoms with Crippen LogP contribution in [0.15, 0.2) is 42.5 Å². The number of aryl methyl sites for hydroxylation is 1. The van der Waals surface area contributed by atoms with Crippen molar-refractivity contribution in [2.45, 2.75) is 18.2 Å². The van der Waals surface area contributed by atoms with Gasteiger partial charge in [-0.3, -0.25) is 4.79 Å². The summed E-state index contributed by atoms with van der Waals surface area (Å²) in [7, 11) is 1.64. The second-order valence-corrected chi connectivity index (χ2v) is 5.54. The molecule has 1 aliphatic heterocycles. The Morgan fingerprint density at radius 2 is 1.81 bits per heavy atom. The quantitative estimate of drug-likeness (QED) is 0.873. The number of alkyl halides is 1. The van der Waals surface area contributed by atoms with Gasteiger partial charge in [-0.15, -0.1) is 11.6 Å². The highest BCUT2D eigenvalue weighted by Gasteiger charge is 2.17. The van der Waals surface area contributed by atoms with E-state index in [1.807, 2.05) is 36.4 Å². The number of benzene rings is 2. The van der Waals surface area contributed by atoms with Crippen molar-refractivity contribution in [2.75, 3.05) is 12.4 Å². The van der Waals surface area contributed by atoms with Gasteiger partial charge in [0, 0.05) is 12.1 Å². The molecule has 0 saturated heterocycles. The van der Waals surface area contributed by atoms with Crippen molar-refractivity contribution in [3.05, 3.63) is 59.2 Å². The van der Waals surface area contributed by atoms with Gasteiger partial charge in [0.05, 0.1) is 12.5 Å². The molecule has 1 atom stereocenters. The van der Waals surface area contributed by atoms with Crippen LogP contribution in [0.3, 0.4) is 0 Å². The van der Waals surface area contributed by atoms with Crippen molar-refractivity contribution < 1.29 is 9.53 Å². The zero-order chi connectivity index (χ0) is 14.8. The molecule has 3 nitrogen and oxygen atoms in total. The second-order valence-electron chi connectivity index (χ2n) is 5.10. The predicted molar refractivity (Wildman–Crippen MR) is 84.1 cm³/mol. The van der Waals surface area contributed by atoms with Gasteiger partial charge in [-0.25, -0.2) is 0 Å². The minimum atomic E-state index is -0.209. The number of fused-ring (bicyclic) bond motifs is 1. The molecule has 3 rings (SSSR count). The van der Waals surface area contributed by atoms with Crippen LogP contribution in [-0.2, 0) is 11.2 Å². The lowest BCUT2D eigenvalue weighted by Gasteiger charge is -2.19. The van der Waals surface area contributed by atoms with E-state index >= 15 is 0 Å². The first kappa shape index (κ1) is 14.0. The first-order valence-corrected chi connectivity index (χ1v) is 7.32. The normalized spacial score (nSPS) is 15.0. The van der Waals surface area contributed by atoms with Crippen LogP contribution in [0, 0.1) is 0 Å². The van der Waals surface area contributed by atoms with E-state index in [9.17, 15) is 4.79 Å². The van der Waals surface area contributed by atoms with Gasteiger partial charge in [-0.1, -0.05) is 24.3 Å². The van der Waals surface area contributed by atoms with E-state index < -0.39 is 0 Å². The highest BCUT2D eigenvalue weighted by atomic mass is 35.5. The van der Waals surface area contributed by atoms with Crippen LogP contribution < -0.4 is 10.1 Å². The monoisotopic (exact) mass is 301 g/mol. The van der Waals surface area contributed by atoms with E-state index in [0.29, 0.717) is 6.42 Å². The van der Waals surface area contributed by atoms with Gasteiger partial charge < -0.3 is 10.1 Å². The number of anilines is 1. The number of hydrogen-bond donors (Lipinski definition) is 1. The molecule has 1 heterocycles. The molecule has 1 amide bonds. The average molecular weight is 302 g/mol. The van der Waals surface area contributed by atoms with Gasteiger partial charge in [0.25, 0.3) is 0 Å². The van der Waals surface area contributed by atoms with Gasteiger partial charge in [0.15, 0.2) is 0 Å². The van der Waals surface area contributed by atoms with E-state index in [-0.39, 0.29) is 11.3 Å². The molecule has 0 aliphatic carbocycles. The Hall–Kier alpha value is -2.00. The Labute approximate surface area is 128 Å². The number of amides is 1. The molecule has 108 valence electrons. The van der Waals surface area contributed by atoms with Gasteiger partial charge in [0.2, 0.25) is 5.91 Å². The lowest BCUT2D eigenvalue weighted by atomic mass is 9.97. The Balaban J connectivity index is 1.87. The number of ether oxygens (including phenoxy) is 1. The molecule has 0 fully saturated rings. The van der Waals surface area contributed by atoms with Crippen molar-refractivity contribution in [1.29, 1.82) is 0 Å². The SMILES string of the molecule is COc1ccc(C(Cl)c2ccc3c(c2)CCC(=O)N3)cc1. The van der Waals surface area contributed by atoms with E-state index in [2.05, 4.69) is 11.4 Å². The third-order valence-corrected chi connectivity index (χ3v) is 4.23.